The van der Waals surface area contributed by atoms with Crippen LogP contribution in [0.4, 0.5) is 0 Å². The maximum atomic E-state index is 12.0. The fourth-order valence-electron chi connectivity index (χ4n) is 1.37. The summed E-state index contributed by atoms with van der Waals surface area (Å²) in [6, 6.07) is 0. The number of nitrogens with two attached hydrogens (primary N) is 1. The molecule has 5 heteroatoms. The highest BCUT2D eigenvalue weighted by Crippen LogP contribution is 2.19. The number of carbonyl (C=O) groups is 1. The van der Waals surface area contributed by atoms with E-state index in [9.17, 15) is 4.79 Å². The summed E-state index contributed by atoms with van der Waals surface area (Å²) in [5, 5.41) is 3.19. The van der Waals surface area contributed by atoms with Gasteiger partial charge in [0.1, 0.15) is 0 Å². The molecule has 1 amide bonds. The minimum Gasteiger partial charge on any atom is -0.392 e. The largest absolute Gasteiger partial charge is 0.392 e. The molecule has 1 aliphatic rings. The Bertz CT molecular complexity index is 246. The third kappa shape index (κ3) is 2.22. The monoisotopic (exact) mass is 215 g/mol. The van der Waals surface area contributed by atoms with E-state index < -0.39 is 5.41 Å². The van der Waals surface area contributed by atoms with Crippen LogP contribution in [0.2, 0.25) is 0 Å². The summed E-state index contributed by atoms with van der Waals surface area (Å²) in [4.78, 5) is 14.1. The molecule has 14 heavy (non-hydrogen) atoms. The van der Waals surface area contributed by atoms with E-state index in [0.717, 1.165) is 26.2 Å². The lowest BCUT2D eigenvalue weighted by Crippen LogP contribution is -2.53. The van der Waals surface area contributed by atoms with Gasteiger partial charge in [0.25, 0.3) is 0 Å². The van der Waals surface area contributed by atoms with E-state index in [4.69, 9.17) is 18.0 Å². The third-order valence-corrected chi connectivity index (χ3v) is 3.07. The van der Waals surface area contributed by atoms with Crippen LogP contribution >= 0.6 is 12.2 Å². The average molecular weight is 215 g/mol. The van der Waals surface area contributed by atoms with Gasteiger partial charge in [-0.3, -0.25) is 4.79 Å². The number of piperazine rings is 1. The molecule has 1 saturated heterocycles. The topological polar surface area (TPSA) is 58.4 Å². The Hall–Kier alpha value is -0.680. The normalized spacial score (nSPS) is 18.0. The molecule has 0 aromatic heterocycles. The van der Waals surface area contributed by atoms with Crippen molar-refractivity contribution in [3.05, 3.63) is 0 Å². The van der Waals surface area contributed by atoms with E-state index in [1.165, 1.54) is 0 Å². The van der Waals surface area contributed by atoms with Gasteiger partial charge in [-0.1, -0.05) is 12.2 Å². The number of amides is 1. The Morgan fingerprint density at radius 2 is 1.93 bits per heavy atom. The van der Waals surface area contributed by atoms with E-state index >= 15 is 0 Å². The van der Waals surface area contributed by atoms with E-state index in [1.54, 1.807) is 13.8 Å². The lowest BCUT2D eigenvalue weighted by Gasteiger charge is -2.34. The molecule has 0 bridgehead atoms. The Morgan fingerprint density at radius 1 is 1.43 bits per heavy atom. The van der Waals surface area contributed by atoms with E-state index in [2.05, 4.69) is 5.32 Å². The van der Waals surface area contributed by atoms with Crippen LogP contribution in [0.15, 0.2) is 0 Å². The number of rotatable bonds is 2. The van der Waals surface area contributed by atoms with Gasteiger partial charge in [0.05, 0.1) is 10.4 Å². The van der Waals surface area contributed by atoms with Gasteiger partial charge in [-0.2, -0.15) is 0 Å². The first-order chi connectivity index (χ1) is 6.46. The van der Waals surface area contributed by atoms with E-state index in [-0.39, 0.29) is 10.9 Å². The number of nitrogens with zero attached hydrogens (tertiary/aromatic N) is 1. The van der Waals surface area contributed by atoms with Gasteiger partial charge in [-0.05, 0) is 13.8 Å². The van der Waals surface area contributed by atoms with Crippen molar-refractivity contribution < 1.29 is 4.79 Å². The first-order valence-corrected chi connectivity index (χ1v) is 5.17. The highest BCUT2D eigenvalue weighted by atomic mass is 32.1. The zero-order valence-electron chi connectivity index (χ0n) is 8.67. The third-order valence-electron chi connectivity index (χ3n) is 2.55. The Kier molecular flexibility index (Phi) is 3.44. The predicted molar refractivity (Wildman–Crippen MR) is 60.0 cm³/mol. The van der Waals surface area contributed by atoms with Gasteiger partial charge in [-0.25, -0.2) is 0 Å². The van der Waals surface area contributed by atoms with Crippen molar-refractivity contribution in [2.75, 3.05) is 26.2 Å². The van der Waals surface area contributed by atoms with Crippen molar-refractivity contribution in [3.8, 4) is 0 Å². The molecule has 0 aromatic carbocycles. The first kappa shape index (κ1) is 11.4. The van der Waals surface area contributed by atoms with Gasteiger partial charge < -0.3 is 16.0 Å². The maximum Gasteiger partial charge on any atom is 0.235 e. The molecular formula is C9H17N3OS. The van der Waals surface area contributed by atoms with Crippen LogP contribution in [0.5, 0.6) is 0 Å². The molecule has 3 N–H and O–H groups in total. The molecule has 0 saturated carbocycles. The summed E-state index contributed by atoms with van der Waals surface area (Å²) >= 11 is 4.89. The Labute approximate surface area is 89.8 Å². The summed E-state index contributed by atoms with van der Waals surface area (Å²) in [6.45, 7) is 6.73. The minimum absolute atomic E-state index is 0.0338. The van der Waals surface area contributed by atoms with Crippen molar-refractivity contribution in [1.82, 2.24) is 10.2 Å². The van der Waals surface area contributed by atoms with Crippen molar-refractivity contribution in [2.24, 2.45) is 11.1 Å². The molecule has 1 fully saturated rings. The van der Waals surface area contributed by atoms with Gasteiger partial charge in [0.2, 0.25) is 5.91 Å². The van der Waals surface area contributed by atoms with Crippen molar-refractivity contribution >= 4 is 23.1 Å². The number of hydrogen-bond acceptors (Lipinski definition) is 3. The quantitative estimate of drug-likeness (QED) is 0.623. The van der Waals surface area contributed by atoms with Crippen LogP contribution in [-0.2, 0) is 4.79 Å². The second-order valence-electron chi connectivity index (χ2n) is 4.03. The van der Waals surface area contributed by atoms with Crippen molar-refractivity contribution in [2.45, 2.75) is 13.8 Å². The molecule has 1 rings (SSSR count). The Balaban J connectivity index is 2.67. The molecular weight excluding hydrogens is 198 g/mol. The van der Waals surface area contributed by atoms with E-state index in [0.29, 0.717) is 0 Å². The van der Waals surface area contributed by atoms with Crippen molar-refractivity contribution in [3.63, 3.8) is 0 Å². The summed E-state index contributed by atoms with van der Waals surface area (Å²) in [5.74, 6) is 0.0338. The SMILES string of the molecule is CC(C)(C(=O)N1CCNCC1)C(N)=S. The molecule has 1 aliphatic heterocycles. The molecule has 0 unspecified atom stereocenters. The number of carbonyl (C=O) groups excluding carboxylic acids is 1. The highest BCUT2D eigenvalue weighted by Gasteiger charge is 2.35. The minimum atomic E-state index is -0.716. The molecule has 0 aromatic rings. The van der Waals surface area contributed by atoms with Crippen LogP contribution in [-0.4, -0.2) is 42.0 Å². The zero-order chi connectivity index (χ0) is 10.8. The standard InChI is InChI=1S/C9H17N3OS/c1-9(2,7(10)14)8(13)12-5-3-11-4-6-12/h11H,3-6H2,1-2H3,(H2,10,14). The Morgan fingerprint density at radius 3 is 2.36 bits per heavy atom. The van der Waals surface area contributed by atoms with Crippen LogP contribution in [0.1, 0.15) is 13.8 Å². The molecule has 4 nitrogen and oxygen atoms in total. The highest BCUT2D eigenvalue weighted by molar-refractivity contribution is 7.80. The van der Waals surface area contributed by atoms with Crippen LogP contribution < -0.4 is 11.1 Å². The van der Waals surface area contributed by atoms with Gasteiger partial charge >= 0.3 is 0 Å². The van der Waals surface area contributed by atoms with Crippen LogP contribution in [0, 0.1) is 5.41 Å². The lowest BCUT2D eigenvalue weighted by atomic mass is 9.91. The summed E-state index contributed by atoms with van der Waals surface area (Å²) in [5.41, 5.74) is 4.83. The van der Waals surface area contributed by atoms with Crippen molar-refractivity contribution in [1.29, 1.82) is 0 Å². The summed E-state index contributed by atoms with van der Waals surface area (Å²) in [7, 11) is 0. The fraction of sp³-hybridized carbons (Fsp3) is 0.778. The first-order valence-electron chi connectivity index (χ1n) is 4.76. The lowest BCUT2D eigenvalue weighted by molar-refractivity contribution is -0.137. The molecule has 0 atom stereocenters. The molecule has 0 aliphatic carbocycles. The molecule has 80 valence electrons. The predicted octanol–water partition coefficient (Wildman–Crippen LogP) is -0.269. The number of nitrogens with one attached hydrogen (secondary N) is 1. The average Bonchev–Trinajstić information content (AvgIpc) is 2.17. The number of hydrogen-bond donors (Lipinski definition) is 2. The van der Waals surface area contributed by atoms with Crippen LogP contribution in [0.25, 0.3) is 0 Å². The summed E-state index contributed by atoms with van der Waals surface area (Å²) in [6.07, 6.45) is 0. The zero-order valence-corrected chi connectivity index (χ0v) is 9.49. The summed E-state index contributed by atoms with van der Waals surface area (Å²) < 4.78 is 0. The smallest absolute Gasteiger partial charge is 0.235 e. The molecule has 0 spiro atoms. The van der Waals surface area contributed by atoms with E-state index in [1.807, 2.05) is 4.90 Å². The molecule has 0 radical (unpaired) electrons. The maximum absolute atomic E-state index is 12.0. The molecule has 1 heterocycles. The number of thiocarbonyl (C=S) groups is 1. The second-order valence-corrected chi connectivity index (χ2v) is 4.47. The van der Waals surface area contributed by atoms with Gasteiger partial charge in [-0.15, -0.1) is 0 Å². The van der Waals surface area contributed by atoms with Gasteiger partial charge in [0, 0.05) is 26.2 Å². The van der Waals surface area contributed by atoms with Crippen LogP contribution in [0.3, 0.4) is 0 Å². The fourth-order valence-corrected chi connectivity index (χ4v) is 1.46. The van der Waals surface area contributed by atoms with Gasteiger partial charge in [0.15, 0.2) is 0 Å². The second kappa shape index (κ2) is 4.23.